The van der Waals surface area contributed by atoms with E-state index in [9.17, 15) is 9.90 Å². The molecule has 3 nitrogen and oxygen atoms in total. The van der Waals surface area contributed by atoms with E-state index in [1.54, 1.807) is 0 Å². The van der Waals surface area contributed by atoms with Crippen molar-refractivity contribution >= 4 is 5.97 Å². The van der Waals surface area contributed by atoms with Crippen LogP contribution in [0.1, 0.15) is 52.9 Å². The van der Waals surface area contributed by atoms with Crippen LogP contribution in [0.2, 0.25) is 0 Å². The van der Waals surface area contributed by atoms with Crippen molar-refractivity contribution in [2.24, 2.45) is 23.2 Å². The molecule has 0 heterocycles. The van der Waals surface area contributed by atoms with Gasteiger partial charge in [-0.2, -0.15) is 0 Å². The second-order valence-electron chi connectivity index (χ2n) is 7.20. The van der Waals surface area contributed by atoms with Gasteiger partial charge in [-0.25, -0.2) is 0 Å². The summed E-state index contributed by atoms with van der Waals surface area (Å²) in [5.74, 6) is 0.351. The van der Waals surface area contributed by atoms with E-state index >= 15 is 0 Å². The molecule has 0 aliphatic heterocycles. The second-order valence-corrected chi connectivity index (χ2v) is 7.20. The van der Waals surface area contributed by atoms with Crippen LogP contribution in [-0.4, -0.2) is 23.7 Å². The minimum absolute atomic E-state index is 0.109. The van der Waals surface area contributed by atoms with E-state index in [-0.39, 0.29) is 5.92 Å². The highest BCUT2D eigenvalue weighted by molar-refractivity contribution is 5.70. The Morgan fingerprint density at radius 3 is 2.61 bits per heavy atom. The van der Waals surface area contributed by atoms with Crippen LogP contribution in [-0.2, 0) is 4.79 Å². The maximum absolute atomic E-state index is 11.1. The van der Waals surface area contributed by atoms with Crippen molar-refractivity contribution in [3.05, 3.63) is 0 Å². The first-order valence-corrected chi connectivity index (χ1v) is 7.35. The molecule has 2 fully saturated rings. The topological polar surface area (TPSA) is 49.3 Å². The molecule has 0 aromatic heterocycles. The Morgan fingerprint density at radius 1 is 1.33 bits per heavy atom. The predicted octanol–water partition coefficient (Wildman–Crippen LogP) is 2.90. The second kappa shape index (κ2) is 5.20. The Hall–Kier alpha value is -0.570. The first kappa shape index (κ1) is 13.9. The average Bonchev–Trinajstić information content (AvgIpc) is 2.79. The molecule has 4 atom stereocenters. The fourth-order valence-electron chi connectivity index (χ4n) is 4.08. The molecule has 18 heavy (non-hydrogen) atoms. The predicted molar refractivity (Wildman–Crippen MR) is 72.4 cm³/mol. The molecule has 2 N–H and O–H groups in total. The molecule has 2 rings (SSSR count). The maximum Gasteiger partial charge on any atom is 0.306 e. The van der Waals surface area contributed by atoms with Crippen LogP contribution in [0.15, 0.2) is 0 Å². The summed E-state index contributed by atoms with van der Waals surface area (Å²) >= 11 is 0. The Morgan fingerprint density at radius 2 is 2.06 bits per heavy atom. The lowest BCUT2D eigenvalue weighted by molar-refractivity contribution is -0.142. The largest absolute Gasteiger partial charge is 0.481 e. The summed E-state index contributed by atoms with van der Waals surface area (Å²) in [5, 5.41) is 12.8. The monoisotopic (exact) mass is 253 g/mol. The van der Waals surface area contributed by atoms with Crippen molar-refractivity contribution in [3.63, 3.8) is 0 Å². The third kappa shape index (κ3) is 3.05. The number of rotatable bonds is 4. The Kier molecular flexibility index (Phi) is 4.00. The molecule has 0 aromatic carbocycles. The molecular weight excluding hydrogens is 226 g/mol. The third-order valence-corrected chi connectivity index (χ3v) is 4.95. The number of nitrogens with one attached hydrogen (secondary N) is 1. The number of carboxylic acid groups (broad SMARTS) is 1. The normalized spacial score (nSPS) is 39.1. The number of carbonyl (C=O) groups is 1. The quantitative estimate of drug-likeness (QED) is 0.810. The summed E-state index contributed by atoms with van der Waals surface area (Å²) < 4.78 is 0. The highest BCUT2D eigenvalue weighted by atomic mass is 16.4. The van der Waals surface area contributed by atoms with Gasteiger partial charge in [0, 0.05) is 6.04 Å². The fraction of sp³-hybridized carbons (Fsp3) is 0.933. The highest BCUT2D eigenvalue weighted by Crippen LogP contribution is 2.41. The van der Waals surface area contributed by atoms with Gasteiger partial charge >= 0.3 is 5.97 Å². The molecule has 2 saturated carbocycles. The van der Waals surface area contributed by atoms with Gasteiger partial charge in [0.25, 0.3) is 0 Å². The van der Waals surface area contributed by atoms with Crippen LogP contribution in [0.4, 0.5) is 0 Å². The lowest BCUT2D eigenvalue weighted by Crippen LogP contribution is -2.37. The molecule has 2 aliphatic carbocycles. The van der Waals surface area contributed by atoms with Gasteiger partial charge in [0.1, 0.15) is 0 Å². The molecule has 4 unspecified atom stereocenters. The molecule has 0 spiro atoms. The van der Waals surface area contributed by atoms with Crippen molar-refractivity contribution in [1.82, 2.24) is 5.32 Å². The highest BCUT2D eigenvalue weighted by Gasteiger charge is 2.38. The lowest BCUT2D eigenvalue weighted by atomic mass is 9.91. The molecular formula is C15H27NO2. The average molecular weight is 253 g/mol. The van der Waals surface area contributed by atoms with Gasteiger partial charge in [0.15, 0.2) is 0 Å². The van der Waals surface area contributed by atoms with Gasteiger partial charge < -0.3 is 10.4 Å². The minimum Gasteiger partial charge on any atom is -0.481 e. The first-order chi connectivity index (χ1) is 8.39. The Labute approximate surface area is 110 Å². The van der Waals surface area contributed by atoms with Crippen molar-refractivity contribution in [2.45, 2.75) is 58.9 Å². The smallest absolute Gasteiger partial charge is 0.306 e. The number of carboxylic acids is 1. The van der Waals surface area contributed by atoms with E-state index in [0.29, 0.717) is 23.3 Å². The van der Waals surface area contributed by atoms with Gasteiger partial charge in [-0.3, -0.25) is 4.79 Å². The molecule has 0 saturated heterocycles. The van der Waals surface area contributed by atoms with Gasteiger partial charge in [-0.05, 0) is 49.5 Å². The minimum atomic E-state index is -0.598. The van der Waals surface area contributed by atoms with E-state index in [4.69, 9.17) is 0 Å². The van der Waals surface area contributed by atoms with Crippen LogP contribution in [0.5, 0.6) is 0 Å². The number of hydrogen-bond donors (Lipinski definition) is 2. The number of aliphatic carboxylic acids is 1. The van der Waals surface area contributed by atoms with Gasteiger partial charge in [-0.15, -0.1) is 0 Å². The Bertz CT molecular complexity index is 314. The molecule has 3 heteroatoms. The van der Waals surface area contributed by atoms with Crippen molar-refractivity contribution in [2.75, 3.05) is 6.54 Å². The van der Waals surface area contributed by atoms with E-state index in [1.165, 1.54) is 12.8 Å². The van der Waals surface area contributed by atoms with Crippen LogP contribution < -0.4 is 5.32 Å². The van der Waals surface area contributed by atoms with Crippen LogP contribution in [0.25, 0.3) is 0 Å². The van der Waals surface area contributed by atoms with Crippen molar-refractivity contribution in [3.8, 4) is 0 Å². The van der Waals surface area contributed by atoms with E-state index in [0.717, 1.165) is 25.8 Å². The summed E-state index contributed by atoms with van der Waals surface area (Å²) in [5.41, 5.74) is 0.443. The van der Waals surface area contributed by atoms with Crippen molar-refractivity contribution < 1.29 is 9.90 Å². The number of hydrogen-bond acceptors (Lipinski definition) is 2. The summed E-state index contributed by atoms with van der Waals surface area (Å²) in [7, 11) is 0. The first-order valence-electron chi connectivity index (χ1n) is 7.35. The lowest BCUT2D eigenvalue weighted by Gasteiger charge is -2.23. The zero-order chi connectivity index (χ0) is 13.3. The molecule has 0 aromatic rings. The zero-order valence-corrected chi connectivity index (χ0v) is 11.9. The summed E-state index contributed by atoms with van der Waals surface area (Å²) in [6.45, 7) is 7.87. The van der Waals surface area contributed by atoms with Gasteiger partial charge in [0.05, 0.1) is 5.92 Å². The standard InChI is InChI=1S/C15H27NO2/c1-10-7-15(2,3)8-13(10)16-9-11-5-4-6-12(11)14(17)18/h10-13,16H,4-9H2,1-3H3,(H,17,18). The third-order valence-electron chi connectivity index (χ3n) is 4.95. The van der Waals surface area contributed by atoms with E-state index in [1.807, 2.05) is 0 Å². The van der Waals surface area contributed by atoms with Crippen LogP contribution in [0, 0.1) is 23.2 Å². The maximum atomic E-state index is 11.1. The summed E-state index contributed by atoms with van der Waals surface area (Å²) in [6, 6.07) is 0.579. The zero-order valence-electron chi connectivity index (χ0n) is 11.9. The molecule has 2 aliphatic rings. The van der Waals surface area contributed by atoms with Gasteiger partial charge in [-0.1, -0.05) is 27.2 Å². The molecule has 0 amide bonds. The van der Waals surface area contributed by atoms with Gasteiger partial charge in [0.2, 0.25) is 0 Å². The SMILES string of the molecule is CC1CC(C)(C)CC1NCC1CCCC1C(=O)O. The van der Waals surface area contributed by atoms with E-state index < -0.39 is 5.97 Å². The molecule has 0 bridgehead atoms. The Balaban J connectivity index is 1.83. The van der Waals surface area contributed by atoms with E-state index in [2.05, 4.69) is 26.1 Å². The van der Waals surface area contributed by atoms with Crippen LogP contribution in [0.3, 0.4) is 0 Å². The van der Waals surface area contributed by atoms with Crippen LogP contribution >= 0.6 is 0 Å². The molecule has 104 valence electrons. The molecule has 0 radical (unpaired) electrons. The fourth-order valence-corrected chi connectivity index (χ4v) is 4.08. The summed E-state index contributed by atoms with van der Waals surface area (Å²) in [4.78, 5) is 11.1. The summed E-state index contributed by atoms with van der Waals surface area (Å²) in [6.07, 6.45) is 5.52. The van der Waals surface area contributed by atoms with Crippen molar-refractivity contribution in [1.29, 1.82) is 0 Å².